The number of hydrogen-bond acceptors (Lipinski definition) is 5. The zero-order valence-electron chi connectivity index (χ0n) is 11.6. The van der Waals surface area contributed by atoms with Crippen LogP contribution in [0.15, 0.2) is 0 Å². The summed E-state index contributed by atoms with van der Waals surface area (Å²) in [5.74, 6) is 0. The summed E-state index contributed by atoms with van der Waals surface area (Å²) >= 11 is 1.46. The van der Waals surface area contributed by atoms with Crippen molar-refractivity contribution in [2.24, 2.45) is 0 Å². The van der Waals surface area contributed by atoms with Crippen molar-refractivity contribution >= 4 is 22.8 Å². The molecule has 0 saturated carbocycles. The molecule has 0 atom stereocenters. The van der Waals surface area contributed by atoms with E-state index < -0.39 is 0 Å². The Morgan fingerprint density at radius 2 is 2.22 bits per heavy atom. The standard InChI is InChI=1S/C13H22N2O2S/c1-5-6-11-12(9-16)18-13(14-11)15(4)7-8-17-10(2)3/h9-10H,5-8H2,1-4H3. The van der Waals surface area contributed by atoms with Gasteiger partial charge in [0, 0.05) is 13.6 Å². The van der Waals surface area contributed by atoms with Gasteiger partial charge in [0.2, 0.25) is 0 Å². The first-order valence-corrected chi connectivity index (χ1v) is 7.17. The molecule has 1 aromatic rings. The summed E-state index contributed by atoms with van der Waals surface area (Å²) in [6, 6.07) is 0. The van der Waals surface area contributed by atoms with Crippen molar-refractivity contribution in [3.63, 3.8) is 0 Å². The average Bonchev–Trinajstić information content (AvgIpc) is 2.72. The molecule has 1 rings (SSSR count). The summed E-state index contributed by atoms with van der Waals surface area (Å²) in [5, 5.41) is 0.896. The third-order valence-electron chi connectivity index (χ3n) is 2.51. The number of aromatic nitrogens is 1. The average molecular weight is 270 g/mol. The molecule has 0 amide bonds. The maximum atomic E-state index is 11.0. The van der Waals surface area contributed by atoms with E-state index in [2.05, 4.69) is 11.9 Å². The van der Waals surface area contributed by atoms with Crippen LogP contribution in [0.25, 0.3) is 0 Å². The molecule has 0 spiro atoms. The zero-order chi connectivity index (χ0) is 13.5. The maximum Gasteiger partial charge on any atom is 0.186 e. The maximum absolute atomic E-state index is 11.0. The van der Waals surface area contributed by atoms with E-state index >= 15 is 0 Å². The van der Waals surface area contributed by atoms with Crippen LogP contribution in [0.2, 0.25) is 0 Å². The summed E-state index contributed by atoms with van der Waals surface area (Å²) in [6.07, 6.45) is 3.02. The van der Waals surface area contributed by atoms with Crippen molar-refractivity contribution in [3.05, 3.63) is 10.6 Å². The highest BCUT2D eigenvalue weighted by Crippen LogP contribution is 2.25. The summed E-state index contributed by atoms with van der Waals surface area (Å²) in [5.41, 5.74) is 0.920. The van der Waals surface area contributed by atoms with Gasteiger partial charge < -0.3 is 9.64 Å². The van der Waals surface area contributed by atoms with Crippen molar-refractivity contribution < 1.29 is 9.53 Å². The lowest BCUT2D eigenvalue weighted by molar-refractivity contribution is 0.0846. The van der Waals surface area contributed by atoms with Gasteiger partial charge in [0.1, 0.15) is 0 Å². The van der Waals surface area contributed by atoms with Crippen LogP contribution < -0.4 is 4.90 Å². The van der Waals surface area contributed by atoms with Crippen molar-refractivity contribution in [3.8, 4) is 0 Å². The summed E-state index contributed by atoms with van der Waals surface area (Å²) in [6.45, 7) is 7.59. The Balaban J connectivity index is 2.61. The molecule has 0 aliphatic carbocycles. The number of anilines is 1. The van der Waals surface area contributed by atoms with Gasteiger partial charge in [0.25, 0.3) is 0 Å². The highest BCUT2D eigenvalue weighted by Gasteiger charge is 2.12. The minimum atomic E-state index is 0.246. The van der Waals surface area contributed by atoms with Gasteiger partial charge in [0.15, 0.2) is 11.4 Å². The van der Waals surface area contributed by atoms with Crippen LogP contribution in [0, 0.1) is 0 Å². The number of carbonyl (C=O) groups is 1. The lowest BCUT2D eigenvalue weighted by Crippen LogP contribution is -2.23. The van der Waals surface area contributed by atoms with Crippen molar-refractivity contribution in [1.82, 2.24) is 4.98 Å². The smallest absolute Gasteiger partial charge is 0.186 e. The van der Waals surface area contributed by atoms with Crippen LogP contribution >= 0.6 is 11.3 Å². The highest BCUT2D eigenvalue weighted by atomic mass is 32.1. The third kappa shape index (κ3) is 4.38. The van der Waals surface area contributed by atoms with Gasteiger partial charge in [-0.05, 0) is 20.3 Å². The fourth-order valence-electron chi connectivity index (χ4n) is 1.54. The monoisotopic (exact) mass is 270 g/mol. The highest BCUT2D eigenvalue weighted by molar-refractivity contribution is 7.17. The minimum absolute atomic E-state index is 0.246. The van der Waals surface area contributed by atoms with E-state index in [4.69, 9.17) is 4.74 Å². The van der Waals surface area contributed by atoms with E-state index in [1.54, 1.807) is 0 Å². The minimum Gasteiger partial charge on any atom is -0.377 e. The number of likely N-dealkylation sites (N-methyl/N-ethyl adjacent to an activating group) is 1. The Kier molecular flexibility index (Phi) is 6.29. The van der Waals surface area contributed by atoms with Crippen LogP contribution in [0.5, 0.6) is 0 Å². The Bertz CT molecular complexity index is 377. The van der Waals surface area contributed by atoms with Gasteiger partial charge in [0.05, 0.1) is 23.3 Å². The van der Waals surface area contributed by atoms with E-state index in [9.17, 15) is 4.79 Å². The number of hydrogen-bond donors (Lipinski definition) is 0. The van der Waals surface area contributed by atoms with Crippen LogP contribution in [0.1, 0.15) is 42.6 Å². The number of thiazole rings is 1. The second-order valence-corrected chi connectivity index (χ2v) is 5.53. The SMILES string of the molecule is CCCc1nc(N(C)CCOC(C)C)sc1C=O. The Hall–Kier alpha value is -0.940. The van der Waals surface area contributed by atoms with Crippen molar-refractivity contribution in [2.75, 3.05) is 25.1 Å². The molecule has 1 heterocycles. The molecule has 0 radical (unpaired) electrons. The molecule has 0 aromatic carbocycles. The Labute approximate surface area is 113 Å². The number of aldehydes is 1. The molecule has 0 bridgehead atoms. The molecule has 0 unspecified atom stereocenters. The van der Waals surface area contributed by atoms with Gasteiger partial charge in [-0.15, -0.1) is 0 Å². The third-order valence-corrected chi connectivity index (χ3v) is 3.65. The molecule has 0 aliphatic rings. The van der Waals surface area contributed by atoms with Crippen molar-refractivity contribution in [1.29, 1.82) is 0 Å². The van der Waals surface area contributed by atoms with Crippen LogP contribution in [-0.2, 0) is 11.2 Å². The van der Waals surface area contributed by atoms with E-state index in [0.29, 0.717) is 6.61 Å². The predicted octanol–water partition coefficient (Wildman–Crippen LogP) is 2.77. The molecule has 0 fully saturated rings. The molecule has 0 saturated heterocycles. The number of nitrogens with zero attached hydrogens (tertiary/aromatic N) is 2. The van der Waals surface area contributed by atoms with Gasteiger partial charge in [-0.1, -0.05) is 24.7 Å². The lowest BCUT2D eigenvalue weighted by atomic mass is 10.2. The van der Waals surface area contributed by atoms with Gasteiger partial charge in [-0.2, -0.15) is 0 Å². The van der Waals surface area contributed by atoms with Crippen LogP contribution in [-0.4, -0.2) is 37.6 Å². The predicted molar refractivity (Wildman–Crippen MR) is 75.9 cm³/mol. The molecule has 0 N–H and O–H groups in total. The molecular weight excluding hydrogens is 248 g/mol. The molecule has 1 aromatic heterocycles. The normalized spacial score (nSPS) is 10.9. The Morgan fingerprint density at radius 3 is 2.78 bits per heavy atom. The van der Waals surface area contributed by atoms with E-state index in [1.165, 1.54) is 11.3 Å². The number of rotatable bonds is 8. The second kappa shape index (κ2) is 7.48. The van der Waals surface area contributed by atoms with Crippen LogP contribution in [0.4, 0.5) is 5.13 Å². The molecular formula is C13H22N2O2S. The topological polar surface area (TPSA) is 42.4 Å². The van der Waals surface area contributed by atoms with E-state index in [1.807, 2.05) is 25.8 Å². The second-order valence-electron chi connectivity index (χ2n) is 4.52. The number of ether oxygens (including phenoxy) is 1. The first kappa shape index (κ1) is 15.1. The fraction of sp³-hybridized carbons (Fsp3) is 0.692. The van der Waals surface area contributed by atoms with Gasteiger partial charge in [-0.25, -0.2) is 4.98 Å². The Morgan fingerprint density at radius 1 is 1.50 bits per heavy atom. The molecule has 5 heteroatoms. The van der Waals surface area contributed by atoms with Crippen LogP contribution in [0.3, 0.4) is 0 Å². The van der Waals surface area contributed by atoms with Gasteiger partial charge in [-0.3, -0.25) is 4.79 Å². The number of aryl methyl sites for hydroxylation is 1. The first-order valence-electron chi connectivity index (χ1n) is 6.36. The first-order chi connectivity index (χ1) is 8.58. The summed E-state index contributed by atoms with van der Waals surface area (Å²) in [4.78, 5) is 18.3. The van der Waals surface area contributed by atoms with Gasteiger partial charge >= 0.3 is 0 Å². The van der Waals surface area contributed by atoms with E-state index in [0.717, 1.165) is 41.4 Å². The quantitative estimate of drug-likeness (QED) is 0.681. The number of carbonyl (C=O) groups excluding carboxylic acids is 1. The largest absolute Gasteiger partial charge is 0.377 e. The lowest BCUT2D eigenvalue weighted by Gasteiger charge is -2.16. The molecule has 18 heavy (non-hydrogen) atoms. The van der Waals surface area contributed by atoms with Crippen molar-refractivity contribution in [2.45, 2.75) is 39.7 Å². The summed E-state index contributed by atoms with van der Waals surface area (Å²) in [7, 11) is 1.98. The molecule has 102 valence electrons. The molecule has 4 nitrogen and oxygen atoms in total. The zero-order valence-corrected chi connectivity index (χ0v) is 12.4. The molecule has 0 aliphatic heterocycles. The summed E-state index contributed by atoms with van der Waals surface area (Å²) < 4.78 is 5.51. The fourth-order valence-corrected chi connectivity index (χ4v) is 2.46. The van der Waals surface area contributed by atoms with E-state index in [-0.39, 0.29) is 6.10 Å².